The quantitative estimate of drug-likeness (QED) is 0.548. The Hall–Kier alpha value is -1.38. The zero-order chi connectivity index (χ0) is 12.5. The molecule has 0 heterocycles. The van der Waals surface area contributed by atoms with Crippen LogP contribution in [0.25, 0.3) is 21.5 Å². The fourth-order valence-electron chi connectivity index (χ4n) is 2.33. The molecule has 1 nitrogen and oxygen atoms in total. The molecule has 2 heteroatoms. The molecule has 0 bridgehead atoms. The van der Waals surface area contributed by atoms with Crippen molar-refractivity contribution in [3.05, 3.63) is 60.2 Å². The normalized spacial score (nSPS) is 13.0. The Morgan fingerprint density at radius 2 is 1.61 bits per heavy atom. The van der Waals surface area contributed by atoms with Gasteiger partial charge in [0.2, 0.25) is 0 Å². The van der Waals surface area contributed by atoms with Crippen LogP contribution in [0, 0.1) is 0 Å². The molecule has 0 saturated carbocycles. The minimum absolute atomic E-state index is 0.444. The summed E-state index contributed by atoms with van der Waals surface area (Å²) in [6, 6.07) is 18.8. The van der Waals surface area contributed by atoms with Crippen LogP contribution in [0.1, 0.15) is 11.7 Å². The van der Waals surface area contributed by atoms with Gasteiger partial charge in [0.05, 0.1) is 6.10 Å². The Kier molecular flexibility index (Phi) is 3.06. The summed E-state index contributed by atoms with van der Waals surface area (Å²) in [5.74, 6) is 0. The second kappa shape index (κ2) is 4.71. The van der Waals surface area contributed by atoms with Crippen LogP contribution in [-0.4, -0.2) is 10.4 Å². The lowest BCUT2D eigenvalue weighted by molar-refractivity contribution is 0.205. The highest BCUT2D eigenvalue weighted by Gasteiger charge is 2.07. The van der Waals surface area contributed by atoms with Gasteiger partial charge in [-0.1, -0.05) is 64.5 Å². The summed E-state index contributed by atoms with van der Waals surface area (Å²) in [7, 11) is 0. The second-order valence-electron chi connectivity index (χ2n) is 4.44. The standard InChI is InChI=1S/C16H13BrO/c17-10-16(18)13-7-8-15-12(9-13)6-5-11-3-1-2-4-14(11)15/h1-9,16,18H,10H2. The van der Waals surface area contributed by atoms with Gasteiger partial charge in [0.1, 0.15) is 0 Å². The number of hydrogen-bond donors (Lipinski definition) is 1. The van der Waals surface area contributed by atoms with Crippen LogP contribution in [0.15, 0.2) is 54.6 Å². The molecule has 1 N–H and O–H groups in total. The average Bonchev–Trinajstić information content (AvgIpc) is 2.45. The first-order chi connectivity index (χ1) is 8.79. The molecule has 0 amide bonds. The SMILES string of the molecule is OC(CBr)c1ccc2c(ccc3ccccc32)c1. The van der Waals surface area contributed by atoms with E-state index >= 15 is 0 Å². The van der Waals surface area contributed by atoms with Crippen LogP contribution >= 0.6 is 15.9 Å². The van der Waals surface area contributed by atoms with Gasteiger partial charge < -0.3 is 5.11 Å². The molecule has 18 heavy (non-hydrogen) atoms. The zero-order valence-corrected chi connectivity index (χ0v) is 11.4. The smallest absolute Gasteiger partial charge is 0.0887 e. The van der Waals surface area contributed by atoms with E-state index in [4.69, 9.17) is 0 Å². The number of rotatable bonds is 2. The molecule has 0 aliphatic carbocycles. The molecule has 0 aliphatic heterocycles. The molecule has 90 valence electrons. The summed E-state index contributed by atoms with van der Waals surface area (Å²) < 4.78 is 0. The van der Waals surface area contributed by atoms with Gasteiger partial charge in [0.25, 0.3) is 0 Å². The van der Waals surface area contributed by atoms with Crippen molar-refractivity contribution in [2.45, 2.75) is 6.10 Å². The maximum atomic E-state index is 9.86. The monoisotopic (exact) mass is 300 g/mol. The van der Waals surface area contributed by atoms with Crippen molar-refractivity contribution in [3.8, 4) is 0 Å². The van der Waals surface area contributed by atoms with E-state index in [0.29, 0.717) is 5.33 Å². The van der Waals surface area contributed by atoms with Crippen LogP contribution in [-0.2, 0) is 0 Å². The predicted molar refractivity (Wildman–Crippen MR) is 80.2 cm³/mol. The van der Waals surface area contributed by atoms with Gasteiger partial charge in [-0.05, 0) is 33.2 Å². The van der Waals surface area contributed by atoms with Crippen molar-refractivity contribution in [2.75, 3.05) is 5.33 Å². The van der Waals surface area contributed by atoms with E-state index in [1.807, 2.05) is 6.07 Å². The summed E-state index contributed by atoms with van der Waals surface area (Å²) in [6.45, 7) is 0. The fourth-order valence-corrected chi connectivity index (χ4v) is 2.70. The third-order valence-electron chi connectivity index (χ3n) is 3.30. The Labute approximate surface area is 114 Å². The highest BCUT2D eigenvalue weighted by molar-refractivity contribution is 9.09. The second-order valence-corrected chi connectivity index (χ2v) is 5.08. The van der Waals surface area contributed by atoms with Crippen molar-refractivity contribution >= 4 is 37.5 Å². The third kappa shape index (κ3) is 1.92. The van der Waals surface area contributed by atoms with Crippen LogP contribution in [0.5, 0.6) is 0 Å². The maximum Gasteiger partial charge on any atom is 0.0887 e. The summed E-state index contributed by atoms with van der Waals surface area (Å²) >= 11 is 3.31. The Bertz CT molecular complexity index is 706. The Morgan fingerprint density at radius 3 is 2.44 bits per heavy atom. The van der Waals surface area contributed by atoms with E-state index in [1.165, 1.54) is 21.5 Å². The number of aliphatic hydroxyl groups is 1. The van der Waals surface area contributed by atoms with E-state index in [2.05, 4.69) is 64.5 Å². The van der Waals surface area contributed by atoms with Crippen molar-refractivity contribution in [2.24, 2.45) is 0 Å². The van der Waals surface area contributed by atoms with Crippen LogP contribution in [0.3, 0.4) is 0 Å². The minimum Gasteiger partial charge on any atom is -0.388 e. The molecule has 3 aromatic rings. The van der Waals surface area contributed by atoms with Gasteiger partial charge in [-0.15, -0.1) is 0 Å². The highest BCUT2D eigenvalue weighted by atomic mass is 79.9. The van der Waals surface area contributed by atoms with Crippen LogP contribution in [0.4, 0.5) is 0 Å². The fraction of sp³-hybridized carbons (Fsp3) is 0.125. The highest BCUT2D eigenvalue weighted by Crippen LogP contribution is 2.28. The lowest BCUT2D eigenvalue weighted by Gasteiger charge is -2.10. The minimum atomic E-state index is -0.444. The van der Waals surface area contributed by atoms with Crippen LogP contribution in [0.2, 0.25) is 0 Å². The molecule has 1 unspecified atom stereocenters. The largest absolute Gasteiger partial charge is 0.388 e. The molecule has 0 aliphatic rings. The molecular weight excluding hydrogens is 288 g/mol. The first-order valence-electron chi connectivity index (χ1n) is 5.95. The summed E-state index contributed by atoms with van der Waals surface area (Å²) in [6.07, 6.45) is -0.444. The molecule has 0 radical (unpaired) electrons. The van der Waals surface area contributed by atoms with Gasteiger partial charge in [0.15, 0.2) is 0 Å². The zero-order valence-electron chi connectivity index (χ0n) is 9.81. The molecular formula is C16H13BrO. The van der Waals surface area contributed by atoms with Gasteiger partial charge >= 0.3 is 0 Å². The lowest BCUT2D eigenvalue weighted by atomic mass is 9.99. The van der Waals surface area contributed by atoms with Gasteiger partial charge in [0, 0.05) is 5.33 Å². The number of alkyl halides is 1. The topological polar surface area (TPSA) is 20.2 Å². The summed E-state index contributed by atoms with van der Waals surface area (Å²) in [5, 5.41) is 15.3. The van der Waals surface area contributed by atoms with Gasteiger partial charge in [-0.2, -0.15) is 0 Å². The van der Waals surface area contributed by atoms with E-state index in [9.17, 15) is 5.11 Å². The molecule has 0 aromatic heterocycles. The van der Waals surface area contributed by atoms with Gasteiger partial charge in [-0.3, -0.25) is 0 Å². The number of fused-ring (bicyclic) bond motifs is 3. The van der Waals surface area contributed by atoms with Gasteiger partial charge in [-0.25, -0.2) is 0 Å². The summed E-state index contributed by atoms with van der Waals surface area (Å²) in [5.41, 5.74) is 0.953. The molecule has 0 spiro atoms. The maximum absolute atomic E-state index is 9.86. The van der Waals surface area contributed by atoms with Crippen molar-refractivity contribution in [3.63, 3.8) is 0 Å². The van der Waals surface area contributed by atoms with Crippen molar-refractivity contribution in [1.29, 1.82) is 0 Å². The van der Waals surface area contributed by atoms with E-state index in [1.54, 1.807) is 0 Å². The number of hydrogen-bond acceptors (Lipinski definition) is 1. The first kappa shape index (κ1) is 11.7. The molecule has 0 saturated heterocycles. The van der Waals surface area contributed by atoms with E-state index < -0.39 is 6.10 Å². The first-order valence-corrected chi connectivity index (χ1v) is 7.07. The van der Waals surface area contributed by atoms with E-state index in [0.717, 1.165) is 5.56 Å². The predicted octanol–water partition coefficient (Wildman–Crippen LogP) is 4.42. The number of halogens is 1. The molecule has 0 fully saturated rings. The number of benzene rings is 3. The average molecular weight is 301 g/mol. The van der Waals surface area contributed by atoms with Crippen LogP contribution < -0.4 is 0 Å². The third-order valence-corrected chi connectivity index (χ3v) is 3.91. The Morgan fingerprint density at radius 1 is 0.889 bits per heavy atom. The number of aliphatic hydroxyl groups excluding tert-OH is 1. The van der Waals surface area contributed by atoms with Crippen molar-refractivity contribution in [1.82, 2.24) is 0 Å². The molecule has 3 aromatic carbocycles. The lowest BCUT2D eigenvalue weighted by Crippen LogP contribution is -1.97. The Balaban J connectivity index is 2.28. The summed E-state index contributed by atoms with van der Waals surface area (Å²) in [4.78, 5) is 0. The molecule has 3 rings (SSSR count). The van der Waals surface area contributed by atoms with E-state index in [-0.39, 0.29) is 0 Å². The van der Waals surface area contributed by atoms with Crippen molar-refractivity contribution < 1.29 is 5.11 Å². The molecule has 1 atom stereocenters.